The van der Waals surface area contributed by atoms with E-state index in [2.05, 4.69) is 14.8 Å². The molecule has 0 radical (unpaired) electrons. The lowest BCUT2D eigenvalue weighted by atomic mass is 10.1. The van der Waals surface area contributed by atoms with Crippen molar-refractivity contribution in [2.45, 2.75) is 10.6 Å². The predicted molar refractivity (Wildman–Crippen MR) is 85.2 cm³/mol. The maximum absolute atomic E-state index is 13.9. The summed E-state index contributed by atoms with van der Waals surface area (Å²) in [6.07, 6.45) is 0. The van der Waals surface area contributed by atoms with Gasteiger partial charge in [-0.05, 0) is 29.8 Å². The number of anilines is 2. The van der Waals surface area contributed by atoms with Crippen molar-refractivity contribution in [2.24, 2.45) is 5.11 Å². The van der Waals surface area contributed by atoms with Crippen molar-refractivity contribution in [3.63, 3.8) is 0 Å². The number of thioether (sulfide) groups is 1. The quantitative estimate of drug-likeness (QED) is 0.437. The van der Waals surface area contributed by atoms with Crippen LogP contribution in [0.4, 0.5) is 21.7 Å². The number of pyridine rings is 1. The first-order valence-corrected chi connectivity index (χ1v) is 7.37. The number of methoxy groups -OCH3 is 1. The maximum atomic E-state index is 13.9. The Bertz CT molecular complexity index is 769. The van der Waals surface area contributed by atoms with Crippen LogP contribution in [0.2, 0.25) is 0 Å². The lowest BCUT2D eigenvalue weighted by Crippen LogP contribution is -2.03. The van der Waals surface area contributed by atoms with E-state index in [1.807, 2.05) is 0 Å². The summed E-state index contributed by atoms with van der Waals surface area (Å²) < 4.78 is 18.5. The Kier molecular flexibility index (Phi) is 5.12. The van der Waals surface area contributed by atoms with E-state index < -0.39 is 11.8 Å². The summed E-state index contributed by atoms with van der Waals surface area (Å²) in [7, 11) is 1.25. The van der Waals surface area contributed by atoms with Crippen molar-refractivity contribution in [2.75, 3.05) is 18.6 Å². The van der Waals surface area contributed by atoms with Crippen LogP contribution in [-0.2, 0) is 10.5 Å². The van der Waals surface area contributed by atoms with Gasteiger partial charge in [-0.3, -0.25) is 0 Å². The van der Waals surface area contributed by atoms with Crippen LogP contribution in [0, 0.1) is 11.3 Å². The normalized spacial score (nSPS) is 10.3. The molecule has 0 fully saturated rings. The molecule has 0 amide bonds. The molecule has 120 valence electrons. The van der Waals surface area contributed by atoms with Gasteiger partial charge in [0.05, 0.1) is 12.7 Å². The summed E-state index contributed by atoms with van der Waals surface area (Å²) in [5.74, 6) is -0.588. The smallest absolute Gasteiger partial charge is 0.337 e. The molecule has 0 aliphatic carbocycles. The van der Waals surface area contributed by atoms with Gasteiger partial charge in [-0.1, -0.05) is 0 Å². The zero-order valence-electron chi connectivity index (χ0n) is 12.2. The summed E-state index contributed by atoms with van der Waals surface area (Å²) in [4.78, 5) is 15.8. The number of nitrogens with zero attached hydrogens (tertiary/aromatic N) is 2. The van der Waals surface area contributed by atoms with Gasteiger partial charge in [0.15, 0.2) is 5.82 Å². The third kappa shape index (κ3) is 3.75. The molecular formula is C14H14FN5O2S. The Morgan fingerprint density at radius 3 is 2.83 bits per heavy atom. The van der Waals surface area contributed by atoms with E-state index >= 15 is 0 Å². The van der Waals surface area contributed by atoms with Crippen LogP contribution in [-0.4, -0.2) is 18.1 Å². The van der Waals surface area contributed by atoms with Gasteiger partial charge in [0.25, 0.3) is 0 Å². The van der Waals surface area contributed by atoms with Crippen molar-refractivity contribution in [1.29, 1.82) is 5.53 Å². The number of carbonyl (C=O) groups is 1. The van der Waals surface area contributed by atoms with E-state index in [0.29, 0.717) is 10.5 Å². The summed E-state index contributed by atoms with van der Waals surface area (Å²) in [5, 5.41) is 3.32. The first-order chi connectivity index (χ1) is 11.0. The largest absolute Gasteiger partial charge is 0.465 e. The van der Waals surface area contributed by atoms with E-state index in [-0.39, 0.29) is 28.6 Å². The SMILES string of the molecule is COC(=O)c1ccc(F)c(CSc2cc(N)nc(N)c2N=N)c1. The van der Waals surface area contributed by atoms with Crippen LogP contribution in [0.25, 0.3) is 0 Å². The molecular weight excluding hydrogens is 321 g/mol. The number of ether oxygens (including phenoxy) is 1. The molecule has 5 N–H and O–H groups in total. The first kappa shape index (κ1) is 16.7. The average molecular weight is 335 g/mol. The number of halogens is 1. The van der Waals surface area contributed by atoms with Gasteiger partial charge < -0.3 is 16.2 Å². The molecule has 2 aromatic rings. The molecule has 0 unspecified atom stereocenters. The van der Waals surface area contributed by atoms with Gasteiger partial charge >= 0.3 is 5.97 Å². The topological polar surface area (TPSA) is 127 Å². The fraction of sp³-hybridized carbons (Fsp3) is 0.143. The lowest BCUT2D eigenvalue weighted by Gasteiger charge is -2.09. The van der Waals surface area contributed by atoms with E-state index in [4.69, 9.17) is 17.0 Å². The molecule has 0 bridgehead atoms. The molecule has 0 spiro atoms. The van der Waals surface area contributed by atoms with Crippen molar-refractivity contribution in [3.8, 4) is 0 Å². The van der Waals surface area contributed by atoms with Crippen LogP contribution in [0.1, 0.15) is 15.9 Å². The van der Waals surface area contributed by atoms with E-state index in [0.717, 1.165) is 0 Å². The Labute approximate surface area is 135 Å². The van der Waals surface area contributed by atoms with Gasteiger partial charge in [-0.15, -0.1) is 11.8 Å². The van der Waals surface area contributed by atoms with Crippen molar-refractivity contribution >= 4 is 35.1 Å². The minimum atomic E-state index is -0.546. The van der Waals surface area contributed by atoms with Crippen LogP contribution in [0.5, 0.6) is 0 Å². The number of esters is 1. The number of hydrogen-bond donors (Lipinski definition) is 3. The molecule has 1 aromatic heterocycles. The summed E-state index contributed by atoms with van der Waals surface area (Å²) in [5.41, 5.74) is 19.2. The van der Waals surface area contributed by atoms with E-state index in [1.54, 1.807) is 0 Å². The van der Waals surface area contributed by atoms with Crippen molar-refractivity contribution in [3.05, 3.63) is 41.2 Å². The van der Waals surface area contributed by atoms with Gasteiger partial charge in [0, 0.05) is 10.6 Å². The summed E-state index contributed by atoms with van der Waals surface area (Å²) in [6.45, 7) is 0. The zero-order valence-corrected chi connectivity index (χ0v) is 13.0. The molecule has 0 atom stereocenters. The average Bonchev–Trinajstić information content (AvgIpc) is 2.53. The van der Waals surface area contributed by atoms with E-state index in [9.17, 15) is 9.18 Å². The van der Waals surface area contributed by atoms with Gasteiger partial charge in [-0.2, -0.15) is 5.11 Å². The minimum Gasteiger partial charge on any atom is -0.465 e. The molecule has 1 heterocycles. The van der Waals surface area contributed by atoms with Gasteiger partial charge in [0.2, 0.25) is 0 Å². The number of aromatic nitrogens is 1. The van der Waals surface area contributed by atoms with Crippen molar-refractivity contribution in [1.82, 2.24) is 4.98 Å². The Hall–Kier alpha value is -2.68. The number of nitrogen functional groups attached to an aromatic ring is 2. The molecule has 1 aromatic carbocycles. The van der Waals surface area contributed by atoms with Crippen LogP contribution in [0.3, 0.4) is 0 Å². The molecule has 2 rings (SSSR count). The number of benzene rings is 1. The fourth-order valence-electron chi connectivity index (χ4n) is 1.86. The number of nitrogens with one attached hydrogen (secondary N) is 1. The molecule has 0 saturated carbocycles. The summed E-state index contributed by atoms with van der Waals surface area (Å²) >= 11 is 1.19. The Balaban J connectivity index is 2.28. The summed E-state index contributed by atoms with van der Waals surface area (Å²) in [6, 6.07) is 5.48. The number of nitrogens with two attached hydrogens (primary N) is 2. The highest BCUT2D eigenvalue weighted by atomic mass is 32.2. The second-order valence-electron chi connectivity index (χ2n) is 4.48. The molecule has 23 heavy (non-hydrogen) atoms. The molecule has 0 saturated heterocycles. The molecule has 7 nitrogen and oxygen atoms in total. The molecule has 0 aliphatic heterocycles. The third-order valence-electron chi connectivity index (χ3n) is 2.97. The monoisotopic (exact) mass is 335 g/mol. The highest BCUT2D eigenvalue weighted by molar-refractivity contribution is 7.98. The van der Waals surface area contributed by atoms with Gasteiger partial charge in [-0.25, -0.2) is 19.7 Å². The molecule has 9 heteroatoms. The van der Waals surface area contributed by atoms with Crippen LogP contribution in [0.15, 0.2) is 34.3 Å². The van der Waals surface area contributed by atoms with Crippen molar-refractivity contribution < 1.29 is 13.9 Å². The minimum absolute atomic E-state index is 0.0336. The second kappa shape index (κ2) is 7.05. The lowest BCUT2D eigenvalue weighted by molar-refractivity contribution is 0.0600. The second-order valence-corrected chi connectivity index (χ2v) is 5.49. The van der Waals surface area contributed by atoms with Crippen LogP contribution < -0.4 is 11.5 Å². The highest BCUT2D eigenvalue weighted by Crippen LogP contribution is 2.36. The van der Waals surface area contributed by atoms with E-state index in [1.165, 1.54) is 43.1 Å². The maximum Gasteiger partial charge on any atom is 0.337 e. The predicted octanol–water partition coefficient (Wildman–Crippen LogP) is 3.13. The van der Waals surface area contributed by atoms with Gasteiger partial charge in [0.1, 0.15) is 17.3 Å². The first-order valence-electron chi connectivity index (χ1n) is 6.39. The number of rotatable bonds is 5. The highest BCUT2D eigenvalue weighted by Gasteiger charge is 2.13. The fourth-order valence-corrected chi connectivity index (χ4v) is 2.88. The number of hydrogen-bond acceptors (Lipinski definition) is 8. The Morgan fingerprint density at radius 2 is 2.17 bits per heavy atom. The standard InChI is InChI=1S/C14H14FN5O2S/c1-22-14(21)7-2-3-9(15)8(4-7)6-23-10-5-11(16)19-13(17)12(10)20-18/h2-5,18H,6H2,1H3,(H4,16,17,19). The molecule has 0 aliphatic rings. The van der Waals surface area contributed by atoms with Crippen LogP contribution >= 0.6 is 11.8 Å². The number of carbonyl (C=O) groups excluding carboxylic acids is 1. The zero-order chi connectivity index (χ0) is 17.0. The Morgan fingerprint density at radius 1 is 1.43 bits per heavy atom. The third-order valence-corrected chi connectivity index (χ3v) is 4.04.